The van der Waals surface area contributed by atoms with Crippen molar-refractivity contribution in [1.29, 1.82) is 0 Å². The number of rotatable bonds is 3. The number of aryl methyl sites for hydroxylation is 1. The summed E-state index contributed by atoms with van der Waals surface area (Å²) in [7, 11) is 1.66. The van der Waals surface area contributed by atoms with E-state index < -0.39 is 5.66 Å². The first-order valence-corrected chi connectivity index (χ1v) is 8.90. The third-order valence-electron chi connectivity index (χ3n) is 5.76. The molecule has 2 heterocycles. The van der Waals surface area contributed by atoms with Gasteiger partial charge in [-0.1, -0.05) is 49.8 Å². The van der Waals surface area contributed by atoms with E-state index in [1.807, 2.05) is 24.3 Å². The van der Waals surface area contributed by atoms with E-state index in [-0.39, 0.29) is 11.3 Å². The number of methoxy groups -OCH3 is 1. The highest BCUT2D eigenvalue weighted by Crippen LogP contribution is 2.53. The van der Waals surface area contributed by atoms with Crippen LogP contribution >= 0.6 is 0 Å². The van der Waals surface area contributed by atoms with Gasteiger partial charge < -0.3 is 15.0 Å². The van der Waals surface area contributed by atoms with E-state index in [0.29, 0.717) is 6.54 Å². The van der Waals surface area contributed by atoms with Crippen molar-refractivity contribution in [2.75, 3.05) is 18.6 Å². The highest BCUT2D eigenvalue weighted by Gasteiger charge is 2.59. The number of anilines is 1. The molecule has 1 N–H and O–H groups in total. The molecule has 0 saturated carbocycles. The molecule has 1 unspecified atom stereocenters. The first-order chi connectivity index (χ1) is 12.4. The van der Waals surface area contributed by atoms with Crippen LogP contribution in [0.3, 0.4) is 0 Å². The van der Waals surface area contributed by atoms with E-state index >= 15 is 0 Å². The number of carbonyl (C=O) groups excluding carboxylic acids is 1. The Morgan fingerprint density at radius 2 is 1.88 bits per heavy atom. The molecule has 134 valence electrons. The van der Waals surface area contributed by atoms with Gasteiger partial charge in [0.2, 0.25) is 5.91 Å². The molecular formula is C22H24N2O2. The Balaban J connectivity index is 1.79. The zero-order valence-electron chi connectivity index (χ0n) is 15.7. The van der Waals surface area contributed by atoms with Gasteiger partial charge in [-0.15, -0.1) is 0 Å². The minimum atomic E-state index is -0.555. The lowest BCUT2D eigenvalue weighted by Gasteiger charge is -2.40. The average Bonchev–Trinajstić information content (AvgIpc) is 3.05. The number of carbonyl (C=O) groups is 1. The molecule has 0 bridgehead atoms. The highest BCUT2D eigenvalue weighted by atomic mass is 16.5. The van der Waals surface area contributed by atoms with Crippen LogP contribution in [0.5, 0.6) is 5.75 Å². The summed E-state index contributed by atoms with van der Waals surface area (Å²) in [5.41, 5.74) is 3.92. The molecule has 1 atom stereocenters. The maximum Gasteiger partial charge on any atom is 0.241 e. The summed E-state index contributed by atoms with van der Waals surface area (Å²) >= 11 is 0. The molecule has 0 spiro atoms. The minimum Gasteiger partial charge on any atom is -0.497 e. The highest BCUT2D eigenvalue weighted by molar-refractivity contribution is 5.91. The number of benzene rings is 2. The fourth-order valence-electron chi connectivity index (χ4n) is 4.22. The Morgan fingerprint density at radius 1 is 1.15 bits per heavy atom. The maximum absolute atomic E-state index is 12.3. The topological polar surface area (TPSA) is 41.6 Å². The van der Waals surface area contributed by atoms with Crippen molar-refractivity contribution in [2.45, 2.75) is 31.8 Å². The number of fused-ring (bicyclic) bond motifs is 3. The van der Waals surface area contributed by atoms with Crippen molar-refractivity contribution < 1.29 is 9.53 Å². The summed E-state index contributed by atoms with van der Waals surface area (Å²) in [6.07, 6.45) is 4.22. The number of ether oxygens (including phenoxy) is 1. The minimum absolute atomic E-state index is 0.0590. The van der Waals surface area contributed by atoms with Crippen molar-refractivity contribution in [3.8, 4) is 5.75 Å². The van der Waals surface area contributed by atoms with Crippen LogP contribution in [0.15, 0.2) is 48.5 Å². The lowest BCUT2D eigenvalue weighted by molar-refractivity contribution is -0.118. The predicted molar refractivity (Wildman–Crippen MR) is 104 cm³/mol. The third kappa shape index (κ3) is 2.25. The van der Waals surface area contributed by atoms with E-state index in [1.165, 1.54) is 11.1 Å². The van der Waals surface area contributed by atoms with Crippen LogP contribution < -0.4 is 15.0 Å². The fourth-order valence-corrected chi connectivity index (χ4v) is 4.22. The van der Waals surface area contributed by atoms with E-state index in [2.05, 4.69) is 61.3 Å². The molecule has 0 aliphatic carbocycles. The molecule has 1 fully saturated rings. The van der Waals surface area contributed by atoms with Crippen molar-refractivity contribution in [3.05, 3.63) is 65.2 Å². The lowest BCUT2D eigenvalue weighted by atomic mass is 9.75. The molecule has 2 aromatic rings. The summed E-state index contributed by atoms with van der Waals surface area (Å²) < 4.78 is 5.23. The molecule has 0 radical (unpaired) electrons. The second-order valence-corrected chi connectivity index (χ2v) is 7.65. The number of nitrogens with zero attached hydrogens (tertiary/aromatic N) is 1. The maximum atomic E-state index is 12.3. The second-order valence-electron chi connectivity index (χ2n) is 7.65. The van der Waals surface area contributed by atoms with E-state index in [4.69, 9.17) is 4.74 Å². The Bertz CT molecular complexity index is 899. The Hall–Kier alpha value is -2.75. The van der Waals surface area contributed by atoms with Gasteiger partial charge >= 0.3 is 0 Å². The first-order valence-electron chi connectivity index (χ1n) is 8.90. The quantitative estimate of drug-likeness (QED) is 0.921. The molecule has 26 heavy (non-hydrogen) atoms. The van der Waals surface area contributed by atoms with Crippen LogP contribution in [0.2, 0.25) is 0 Å². The smallest absolute Gasteiger partial charge is 0.241 e. The SMILES string of the molecule is COc1ccc(C=CC23NC(=O)CN2c2ccc(C)cc2C3(C)C)cc1. The van der Waals surface area contributed by atoms with Gasteiger partial charge in [0, 0.05) is 11.1 Å². The van der Waals surface area contributed by atoms with Crippen LogP contribution in [0.4, 0.5) is 5.69 Å². The zero-order valence-corrected chi connectivity index (χ0v) is 15.7. The van der Waals surface area contributed by atoms with E-state index in [9.17, 15) is 4.79 Å². The van der Waals surface area contributed by atoms with Crippen molar-refractivity contribution >= 4 is 17.7 Å². The van der Waals surface area contributed by atoms with Crippen LogP contribution in [0.25, 0.3) is 6.08 Å². The van der Waals surface area contributed by atoms with Gasteiger partial charge in [-0.25, -0.2) is 0 Å². The summed E-state index contributed by atoms with van der Waals surface area (Å²) in [4.78, 5) is 14.5. The predicted octanol–water partition coefficient (Wildman–Crippen LogP) is 3.64. The molecule has 2 aliphatic rings. The summed E-state index contributed by atoms with van der Waals surface area (Å²) in [6, 6.07) is 14.4. The number of hydrogen-bond donors (Lipinski definition) is 1. The van der Waals surface area contributed by atoms with Gasteiger partial charge in [-0.2, -0.15) is 0 Å². The van der Waals surface area contributed by atoms with Gasteiger partial charge in [-0.05, 0) is 42.3 Å². The molecule has 2 aromatic carbocycles. The molecule has 2 aliphatic heterocycles. The number of hydrogen-bond acceptors (Lipinski definition) is 3. The van der Waals surface area contributed by atoms with Crippen molar-refractivity contribution in [2.24, 2.45) is 0 Å². The van der Waals surface area contributed by atoms with Gasteiger partial charge in [0.25, 0.3) is 0 Å². The normalized spacial score (nSPS) is 23.1. The average molecular weight is 348 g/mol. The molecule has 0 aromatic heterocycles. The summed E-state index contributed by atoms with van der Waals surface area (Å²) in [5.74, 6) is 0.892. The molecule has 4 heteroatoms. The molecular weight excluding hydrogens is 324 g/mol. The Morgan fingerprint density at radius 3 is 2.58 bits per heavy atom. The number of amides is 1. The fraction of sp³-hybridized carbons (Fsp3) is 0.318. The summed E-state index contributed by atoms with van der Waals surface area (Å²) in [5, 5.41) is 3.25. The van der Waals surface area contributed by atoms with Gasteiger partial charge in [0.1, 0.15) is 11.4 Å². The molecule has 4 rings (SSSR count). The largest absolute Gasteiger partial charge is 0.497 e. The van der Waals surface area contributed by atoms with E-state index in [1.54, 1.807) is 7.11 Å². The van der Waals surface area contributed by atoms with Gasteiger partial charge in [0.05, 0.1) is 13.7 Å². The first kappa shape index (κ1) is 16.7. The molecule has 1 saturated heterocycles. The van der Waals surface area contributed by atoms with Gasteiger partial charge in [0.15, 0.2) is 0 Å². The monoisotopic (exact) mass is 348 g/mol. The van der Waals surface area contributed by atoms with Crippen LogP contribution in [-0.2, 0) is 10.2 Å². The summed E-state index contributed by atoms with van der Waals surface area (Å²) in [6.45, 7) is 6.90. The van der Waals surface area contributed by atoms with Crippen molar-refractivity contribution in [3.63, 3.8) is 0 Å². The Kier molecular flexibility index (Phi) is 3.62. The standard InChI is InChI=1S/C22H24N2O2/c1-15-5-10-19-18(13-15)21(2,3)22(23-20(25)14-24(19)22)12-11-16-6-8-17(26-4)9-7-16/h5-13H,14H2,1-4H3,(H,23,25). The van der Waals surface area contributed by atoms with Crippen molar-refractivity contribution in [1.82, 2.24) is 5.32 Å². The van der Waals surface area contributed by atoms with Crippen LogP contribution in [0.1, 0.15) is 30.5 Å². The van der Waals surface area contributed by atoms with Gasteiger partial charge in [-0.3, -0.25) is 4.79 Å². The lowest BCUT2D eigenvalue weighted by Crippen LogP contribution is -2.58. The Labute approximate surface area is 154 Å². The van der Waals surface area contributed by atoms with Crippen LogP contribution in [-0.4, -0.2) is 25.2 Å². The second kappa shape index (κ2) is 5.63. The third-order valence-corrected chi connectivity index (χ3v) is 5.76. The van der Waals surface area contributed by atoms with Crippen LogP contribution in [0, 0.1) is 6.92 Å². The molecule has 4 nitrogen and oxygen atoms in total. The van der Waals surface area contributed by atoms with E-state index in [0.717, 1.165) is 17.0 Å². The molecule has 1 amide bonds. The zero-order chi connectivity index (χ0) is 18.5. The number of nitrogens with one attached hydrogen (secondary N) is 1.